The molecule has 1 aromatic heterocycles. The third-order valence-corrected chi connectivity index (χ3v) is 4.97. The number of aromatic nitrogens is 2. The Morgan fingerprint density at radius 2 is 2.44 bits per heavy atom. The van der Waals surface area contributed by atoms with E-state index < -0.39 is 10.0 Å². The van der Waals surface area contributed by atoms with E-state index in [4.69, 9.17) is 5.11 Å². The van der Waals surface area contributed by atoms with Gasteiger partial charge >= 0.3 is 0 Å². The smallest absolute Gasteiger partial charge is 0.246 e. The summed E-state index contributed by atoms with van der Waals surface area (Å²) < 4.78 is 25.8. The van der Waals surface area contributed by atoms with Crippen LogP contribution in [0.1, 0.15) is 18.5 Å². The summed E-state index contributed by atoms with van der Waals surface area (Å²) in [7, 11) is -3.51. The number of aliphatic hydroxyl groups excluding tert-OH is 1. The van der Waals surface area contributed by atoms with Gasteiger partial charge in [0.15, 0.2) is 0 Å². The summed E-state index contributed by atoms with van der Waals surface area (Å²) in [5, 5.41) is 15.5. The average molecular weight is 245 g/mol. The van der Waals surface area contributed by atoms with E-state index in [2.05, 4.69) is 10.2 Å². The fourth-order valence-electron chi connectivity index (χ4n) is 2.03. The summed E-state index contributed by atoms with van der Waals surface area (Å²) in [4.78, 5) is 0.202. The summed E-state index contributed by atoms with van der Waals surface area (Å²) >= 11 is 0. The first-order valence-corrected chi connectivity index (χ1v) is 6.64. The summed E-state index contributed by atoms with van der Waals surface area (Å²) in [6, 6.07) is -0.292. The molecule has 0 radical (unpaired) electrons. The number of H-pyrrole nitrogens is 1. The molecule has 0 saturated carbocycles. The van der Waals surface area contributed by atoms with Crippen LogP contribution in [-0.2, 0) is 10.0 Å². The van der Waals surface area contributed by atoms with Gasteiger partial charge < -0.3 is 5.11 Å². The maximum absolute atomic E-state index is 12.2. The lowest BCUT2D eigenvalue weighted by Crippen LogP contribution is -2.37. The Kier molecular flexibility index (Phi) is 3.00. The molecule has 0 bridgehead atoms. The Labute approximate surface area is 94.3 Å². The number of aromatic amines is 1. The molecule has 90 valence electrons. The Bertz CT molecular complexity index is 468. The van der Waals surface area contributed by atoms with E-state index in [1.807, 2.05) is 0 Å². The molecule has 16 heavy (non-hydrogen) atoms. The van der Waals surface area contributed by atoms with Gasteiger partial charge in [-0.2, -0.15) is 9.40 Å². The Morgan fingerprint density at radius 1 is 1.69 bits per heavy atom. The van der Waals surface area contributed by atoms with Crippen molar-refractivity contribution in [2.45, 2.75) is 30.7 Å². The normalized spacial score (nSPS) is 22.8. The quantitative estimate of drug-likeness (QED) is 0.776. The predicted octanol–water partition coefficient (Wildman–Crippen LogP) is -0.136. The maximum atomic E-state index is 12.2. The molecule has 1 saturated heterocycles. The fraction of sp³-hybridized carbons (Fsp3) is 0.667. The highest BCUT2D eigenvalue weighted by atomic mass is 32.2. The number of nitrogens with one attached hydrogen (secondary N) is 1. The van der Waals surface area contributed by atoms with E-state index in [9.17, 15) is 8.42 Å². The highest BCUT2D eigenvalue weighted by Crippen LogP contribution is 2.26. The zero-order valence-corrected chi connectivity index (χ0v) is 9.87. The molecule has 1 unspecified atom stereocenters. The third-order valence-electron chi connectivity index (χ3n) is 2.90. The van der Waals surface area contributed by atoms with E-state index in [0.29, 0.717) is 18.7 Å². The van der Waals surface area contributed by atoms with Crippen molar-refractivity contribution in [3.8, 4) is 0 Å². The number of aliphatic hydroxyl groups is 1. The van der Waals surface area contributed by atoms with Crippen LogP contribution in [0.3, 0.4) is 0 Å². The molecule has 0 spiro atoms. The monoisotopic (exact) mass is 245 g/mol. The van der Waals surface area contributed by atoms with Gasteiger partial charge in [-0.3, -0.25) is 5.10 Å². The Hall–Kier alpha value is -0.920. The second-order valence-electron chi connectivity index (χ2n) is 3.95. The maximum Gasteiger partial charge on any atom is 0.246 e. The molecule has 2 heterocycles. The minimum Gasteiger partial charge on any atom is -0.395 e. The van der Waals surface area contributed by atoms with Gasteiger partial charge in [-0.05, 0) is 19.8 Å². The molecule has 0 aliphatic carbocycles. The SMILES string of the molecule is Cc1[nH]ncc1S(=O)(=O)N1CCCC1CO. The van der Waals surface area contributed by atoms with E-state index in [1.165, 1.54) is 10.5 Å². The van der Waals surface area contributed by atoms with Crippen molar-refractivity contribution in [3.63, 3.8) is 0 Å². The topological polar surface area (TPSA) is 86.3 Å². The number of hydrogen-bond acceptors (Lipinski definition) is 4. The molecular formula is C9H15N3O3S. The fourth-order valence-corrected chi connectivity index (χ4v) is 3.84. The lowest BCUT2D eigenvalue weighted by atomic mass is 10.2. The first-order chi connectivity index (χ1) is 7.57. The minimum absolute atomic E-state index is 0.129. The molecule has 1 aliphatic heterocycles. The van der Waals surface area contributed by atoms with Crippen molar-refractivity contribution >= 4 is 10.0 Å². The largest absolute Gasteiger partial charge is 0.395 e. The van der Waals surface area contributed by atoms with Crippen molar-refractivity contribution in [2.75, 3.05) is 13.2 Å². The van der Waals surface area contributed by atoms with Gasteiger partial charge in [0.05, 0.1) is 18.5 Å². The molecular weight excluding hydrogens is 230 g/mol. The van der Waals surface area contributed by atoms with Crippen LogP contribution < -0.4 is 0 Å². The first-order valence-electron chi connectivity index (χ1n) is 5.20. The number of rotatable bonds is 3. The van der Waals surface area contributed by atoms with Gasteiger partial charge in [0.2, 0.25) is 10.0 Å². The minimum atomic E-state index is -3.51. The summed E-state index contributed by atoms with van der Waals surface area (Å²) in [6.07, 6.45) is 2.82. The number of aryl methyl sites for hydroxylation is 1. The molecule has 1 aromatic rings. The van der Waals surface area contributed by atoms with E-state index in [0.717, 1.165) is 6.42 Å². The van der Waals surface area contributed by atoms with Crippen LogP contribution in [0, 0.1) is 6.92 Å². The Balaban J connectivity index is 2.36. The van der Waals surface area contributed by atoms with Crippen LogP contribution in [-0.4, -0.2) is 47.2 Å². The van der Waals surface area contributed by atoms with Crippen LogP contribution in [0.5, 0.6) is 0 Å². The highest BCUT2D eigenvalue weighted by Gasteiger charge is 2.36. The van der Waals surface area contributed by atoms with Crippen LogP contribution in [0.2, 0.25) is 0 Å². The van der Waals surface area contributed by atoms with Crippen molar-refractivity contribution in [3.05, 3.63) is 11.9 Å². The summed E-state index contributed by atoms with van der Waals surface area (Å²) in [5.74, 6) is 0. The van der Waals surface area contributed by atoms with Gasteiger partial charge in [0.1, 0.15) is 4.90 Å². The van der Waals surface area contributed by atoms with Crippen LogP contribution in [0.15, 0.2) is 11.1 Å². The molecule has 2 rings (SSSR count). The standard InChI is InChI=1S/C9H15N3O3S/c1-7-9(5-10-11-7)16(14,15)12-4-2-3-8(12)6-13/h5,8,13H,2-4,6H2,1H3,(H,10,11). The van der Waals surface area contributed by atoms with Crippen molar-refractivity contribution in [1.29, 1.82) is 0 Å². The van der Waals surface area contributed by atoms with E-state index in [1.54, 1.807) is 6.92 Å². The lowest BCUT2D eigenvalue weighted by molar-refractivity contribution is 0.213. The zero-order valence-electron chi connectivity index (χ0n) is 9.05. The van der Waals surface area contributed by atoms with Crippen LogP contribution >= 0.6 is 0 Å². The molecule has 1 atom stereocenters. The molecule has 2 N–H and O–H groups in total. The van der Waals surface area contributed by atoms with Crippen molar-refractivity contribution in [2.24, 2.45) is 0 Å². The highest BCUT2D eigenvalue weighted by molar-refractivity contribution is 7.89. The third kappa shape index (κ3) is 1.74. The van der Waals surface area contributed by atoms with Gasteiger partial charge in [0, 0.05) is 12.6 Å². The Morgan fingerprint density at radius 3 is 3.00 bits per heavy atom. The van der Waals surface area contributed by atoms with Crippen LogP contribution in [0.25, 0.3) is 0 Å². The predicted molar refractivity (Wildman–Crippen MR) is 57.3 cm³/mol. The van der Waals surface area contributed by atoms with Crippen molar-refractivity contribution in [1.82, 2.24) is 14.5 Å². The molecule has 7 heteroatoms. The second kappa shape index (κ2) is 4.15. The number of sulfonamides is 1. The molecule has 0 aromatic carbocycles. The molecule has 1 aliphatic rings. The summed E-state index contributed by atoms with van der Waals surface area (Å²) in [6.45, 7) is 2.01. The van der Waals surface area contributed by atoms with Crippen molar-refractivity contribution < 1.29 is 13.5 Å². The van der Waals surface area contributed by atoms with Crippen LogP contribution in [0.4, 0.5) is 0 Å². The average Bonchev–Trinajstić information content (AvgIpc) is 2.85. The summed E-state index contributed by atoms with van der Waals surface area (Å²) in [5.41, 5.74) is 0.531. The molecule has 6 nitrogen and oxygen atoms in total. The van der Waals surface area contributed by atoms with Gasteiger partial charge in [-0.15, -0.1) is 0 Å². The number of nitrogens with zero attached hydrogens (tertiary/aromatic N) is 2. The first kappa shape index (κ1) is 11.6. The molecule has 1 fully saturated rings. The molecule has 0 amide bonds. The second-order valence-corrected chi connectivity index (χ2v) is 5.81. The lowest BCUT2D eigenvalue weighted by Gasteiger charge is -2.21. The van der Waals surface area contributed by atoms with Gasteiger partial charge in [-0.1, -0.05) is 0 Å². The number of hydrogen-bond donors (Lipinski definition) is 2. The van der Waals surface area contributed by atoms with E-state index in [-0.39, 0.29) is 17.5 Å². The van der Waals surface area contributed by atoms with Gasteiger partial charge in [0.25, 0.3) is 0 Å². The zero-order chi connectivity index (χ0) is 11.8. The van der Waals surface area contributed by atoms with Gasteiger partial charge in [-0.25, -0.2) is 8.42 Å². The van der Waals surface area contributed by atoms with E-state index >= 15 is 0 Å².